The summed E-state index contributed by atoms with van der Waals surface area (Å²) in [5.41, 5.74) is 2.58. The van der Waals surface area contributed by atoms with Crippen LogP contribution in [-0.2, 0) is 16.4 Å². The van der Waals surface area contributed by atoms with Gasteiger partial charge < -0.3 is 9.64 Å². The molecule has 0 N–H and O–H groups in total. The second-order valence-corrected chi connectivity index (χ2v) is 11.1. The topological polar surface area (TPSA) is 93.5 Å². The van der Waals surface area contributed by atoms with E-state index in [-0.39, 0.29) is 4.90 Å². The number of fused-ring (bicyclic) bond motifs is 1. The van der Waals surface area contributed by atoms with Gasteiger partial charge in [0.25, 0.3) is 0 Å². The van der Waals surface area contributed by atoms with E-state index in [9.17, 15) is 8.42 Å². The summed E-state index contributed by atoms with van der Waals surface area (Å²) in [5, 5.41) is 5.73. The van der Waals surface area contributed by atoms with Crippen molar-refractivity contribution in [2.24, 2.45) is 0 Å². The van der Waals surface area contributed by atoms with Gasteiger partial charge in [0.15, 0.2) is 5.65 Å². The normalized spacial score (nSPS) is 15.2. The van der Waals surface area contributed by atoms with Gasteiger partial charge in [-0.2, -0.15) is 9.40 Å². The predicted molar refractivity (Wildman–Crippen MR) is 144 cm³/mol. The molecule has 0 bridgehead atoms. The van der Waals surface area contributed by atoms with Gasteiger partial charge in [-0.15, -0.1) is 0 Å². The number of methoxy groups -OCH3 is 1. The first kappa shape index (κ1) is 25.2. The number of sulfonamides is 1. The van der Waals surface area contributed by atoms with Gasteiger partial charge in [-0.3, -0.25) is 0 Å². The van der Waals surface area contributed by atoms with E-state index in [0.29, 0.717) is 38.3 Å². The molecule has 0 radical (unpaired) electrons. The van der Waals surface area contributed by atoms with Crippen LogP contribution in [0.1, 0.15) is 31.3 Å². The van der Waals surface area contributed by atoms with Crippen molar-refractivity contribution in [2.45, 2.75) is 38.0 Å². The van der Waals surface area contributed by atoms with Crippen LogP contribution in [0.25, 0.3) is 16.7 Å². The third-order valence-electron chi connectivity index (χ3n) is 6.66. The highest BCUT2D eigenvalue weighted by Crippen LogP contribution is 2.30. The van der Waals surface area contributed by atoms with E-state index in [4.69, 9.17) is 19.8 Å². The monoisotopic (exact) mass is 520 g/mol. The van der Waals surface area contributed by atoms with E-state index in [2.05, 4.69) is 11.8 Å². The van der Waals surface area contributed by atoms with Crippen molar-refractivity contribution in [1.82, 2.24) is 24.1 Å². The average Bonchev–Trinajstić information content (AvgIpc) is 3.08. The molecule has 37 heavy (non-hydrogen) atoms. The Morgan fingerprint density at radius 3 is 2.41 bits per heavy atom. The zero-order valence-corrected chi connectivity index (χ0v) is 22.3. The van der Waals surface area contributed by atoms with E-state index in [1.165, 1.54) is 0 Å². The summed E-state index contributed by atoms with van der Waals surface area (Å²) in [7, 11) is -2.05. The molecule has 10 heteroatoms. The van der Waals surface area contributed by atoms with E-state index in [0.717, 1.165) is 46.9 Å². The predicted octanol–water partition coefficient (Wildman–Crippen LogP) is 3.99. The maximum absolute atomic E-state index is 13.4. The molecular weight excluding hydrogens is 488 g/mol. The van der Waals surface area contributed by atoms with E-state index in [1.807, 2.05) is 41.9 Å². The van der Waals surface area contributed by atoms with E-state index >= 15 is 0 Å². The van der Waals surface area contributed by atoms with Crippen LogP contribution in [0.4, 0.5) is 5.82 Å². The molecule has 5 rings (SSSR count). The number of rotatable bonds is 7. The molecule has 9 nitrogen and oxygen atoms in total. The number of hydrogen-bond acceptors (Lipinski definition) is 7. The molecule has 2 aromatic heterocycles. The fraction of sp³-hybridized carbons (Fsp3) is 0.370. The van der Waals surface area contributed by atoms with Gasteiger partial charge in [0.2, 0.25) is 10.0 Å². The van der Waals surface area contributed by atoms with Gasteiger partial charge in [-0.1, -0.05) is 25.1 Å². The fourth-order valence-corrected chi connectivity index (χ4v) is 6.23. The molecule has 0 atom stereocenters. The summed E-state index contributed by atoms with van der Waals surface area (Å²) >= 11 is 0. The SMILES string of the molecule is CCCc1nc(N2CCCN(S(=O)(=O)c3ccc(OC)cc3)CC2)c2c(C)nn(-c3ccccc3)c2n1. The lowest BCUT2D eigenvalue weighted by atomic mass is 10.2. The maximum Gasteiger partial charge on any atom is 0.243 e. The van der Waals surface area contributed by atoms with Crippen LogP contribution in [-0.4, -0.2) is 65.8 Å². The summed E-state index contributed by atoms with van der Waals surface area (Å²) in [5.74, 6) is 2.23. The Labute approximate surface area is 217 Å². The third-order valence-corrected chi connectivity index (χ3v) is 8.57. The van der Waals surface area contributed by atoms with Gasteiger partial charge in [0, 0.05) is 32.6 Å². The van der Waals surface area contributed by atoms with Gasteiger partial charge in [0.1, 0.15) is 17.4 Å². The number of aryl methyl sites for hydroxylation is 2. The standard InChI is InChI=1S/C27H32N6O3S/c1-4-9-24-28-26(25-20(2)30-33(27(25)29-24)21-10-6-5-7-11-21)31-16-8-17-32(19-18-31)37(34,35)23-14-12-22(36-3)13-15-23/h5-7,10-15H,4,8-9,16-19H2,1-3H3. The second-order valence-electron chi connectivity index (χ2n) is 9.17. The number of anilines is 1. The minimum atomic E-state index is -3.61. The molecule has 1 aliphatic rings. The first-order chi connectivity index (χ1) is 17.9. The molecule has 4 aromatic rings. The molecule has 1 saturated heterocycles. The molecular formula is C27H32N6O3S. The van der Waals surface area contributed by atoms with Crippen molar-refractivity contribution in [3.8, 4) is 11.4 Å². The molecule has 2 aromatic carbocycles. The molecule has 0 unspecified atom stereocenters. The Morgan fingerprint density at radius 1 is 0.946 bits per heavy atom. The maximum atomic E-state index is 13.4. The Balaban J connectivity index is 1.49. The third kappa shape index (κ3) is 4.91. The van der Waals surface area contributed by atoms with Crippen LogP contribution in [0.3, 0.4) is 0 Å². The molecule has 194 valence electrons. The number of ether oxygens (including phenoxy) is 1. The lowest BCUT2D eigenvalue weighted by Gasteiger charge is -2.24. The van der Waals surface area contributed by atoms with Crippen LogP contribution in [0.2, 0.25) is 0 Å². The lowest BCUT2D eigenvalue weighted by molar-refractivity contribution is 0.413. The molecule has 0 aliphatic carbocycles. The molecule has 1 aliphatic heterocycles. The van der Waals surface area contributed by atoms with Gasteiger partial charge >= 0.3 is 0 Å². The Hall–Kier alpha value is -3.50. The van der Waals surface area contributed by atoms with Gasteiger partial charge in [-0.05, 0) is 56.2 Å². The minimum Gasteiger partial charge on any atom is -0.497 e. The summed E-state index contributed by atoms with van der Waals surface area (Å²) in [6.45, 7) is 6.14. The summed E-state index contributed by atoms with van der Waals surface area (Å²) in [6, 6.07) is 16.5. The van der Waals surface area contributed by atoms with Gasteiger partial charge in [-0.25, -0.2) is 23.1 Å². The number of nitrogens with zero attached hydrogens (tertiary/aromatic N) is 6. The quantitative estimate of drug-likeness (QED) is 0.364. The average molecular weight is 521 g/mol. The van der Waals surface area contributed by atoms with Crippen LogP contribution in [0.5, 0.6) is 5.75 Å². The highest BCUT2D eigenvalue weighted by molar-refractivity contribution is 7.89. The fourth-order valence-electron chi connectivity index (χ4n) is 4.76. The largest absolute Gasteiger partial charge is 0.497 e. The second kappa shape index (κ2) is 10.5. The first-order valence-electron chi connectivity index (χ1n) is 12.6. The Morgan fingerprint density at radius 2 is 1.70 bits per heavy atom. The number of para-hydroxylation sites is 1. The minimum absolute atomic E-state index is 0.274. The molecule has 3 heterocycles. The molecule has 0 saturated carbocycles. The zero-order valence-electron chi connectivity index (χ0n) is 21.5. The van der Waals surface area contributed by atoms with Crippen LogP contribution < -0.4 is 9.64 Å². The van der Waals surface area contributed by atoms with Crippen LogP contribution in [0.15, 0.2) is 59.5 Å². The molecule has 0 amide bonds. The summed E-state index contributed by atoms with van der Waals surface area (Å²) in [4.78, 5) is 12.3. The molecule has 0 spiro atoms. The highest BCUT2D eigenvalue weighted by atomic mass is 32.2. The number of benzene rings is 2. The van der Waals surface area contributed by atoms with Crippen LogP contribution >= 0.6 is 0 Å². The van der Waals surface area contributed by atoms with Crippen LogP contribution in [0, 0.1) is 6.92 Å². The lowest BCUT2D eigenvalue weighted by Crippen LogP contribution is -2.35. The van der Waals surface area contributed by atoms with Crippen molar-refractivity contribution < 1.29 is 13.2 Å². The van der Waals surface area contributed by atoms with Crippen molar-refractivity contribution in [3.05, 3.63) is 66.1 Å². The van der Waals surface area contributed by atoms with E-state index < -0.39 is 10.0 Å². The van der Waals surface area contributed by atoms with Crippen molar-refractivity contribution in [1.29, 1.82) is 0 Å². The Bertz CT molecular complexity index is 1490. The van der Waals surface area contributed by atoms with E-state index in [1.54, 1.807) is 35.7 Å². The summed E-state index contributed by atoms with van der Waals surface area (Å²) < 4.78 is 35.4. The van der Waals surface area contributed by atoms with Crippen molar-refractivity contribution >= 4 is 26.9 Å². The number of aromatic nitrogens is 4. The highest BCUT2D eigenvalue weighted by Gasteiger charge is 2.29. The van der Waals surface area contributed by atoms with Crippen molar-refractivity contribution in [3.63, 3.8) is 0 Å². The number of hydrogen-bond donors (Lipinski definition) is 0. The summed E-state index contributed by atoms with van der Waals surface area (Å²) in [6.07, 6.45) is 2.38. The molecule has 1 fully saturated rings. The van der Waals surface area contributed by atoms with Gasteiger partial charge in [0.05, 0.1) is 28.8 Å². The smallest absolute Gasteiger partial charge is 0.243 e. The first-order valence-corrected chi connectivity index (χ1v) is 14.1. The van der Waals surface area contributed by atoms with Crippen molar-refractivity contribution in [2.75, 3.05) is 38.2 Å². The zero-order chi connectivity index (χ0) is 26.0. The Kier molecular flexibility index (Phi) is 7.12.